The zero-order valence-electron chi connectivity index (χ0n) is 20.2. The lowest BCUT2D eigenvalue weighted by molar-refractivity contribution is -0.242. The van der Waals surface area contributed by atoms with Gasteiger partial charge in [-0.3, -0.25) is 14.4 Å². The molecule has 1 atom stereocenters. The molecule has 2 aromatic carbocycles. The quantitative estimate of drug-likeness (QED) is 0.413. The summed E-state index contributed by atoms with van der Waals surface area (Å²) in [7, 11) is -4.50. The summed E-state index contributed by atoms with van der Waals surface area (Å²) in [5.74, 6) is -1.88. The lowest BCUT2D eigenvalue weighted by Gasteiger charge is -2.36. The first-order valence-electron chi connectivity index (χ1n) is 11.0. The molecular formula is C23H23ClF4N2O7S. The number of rotatable bonds is 7. The van der Waals surface area contributed by atoms with Crippen LogP contribution in [0.15, 0.2) is 35.2 Å². The molecule has 0 saturated carbocycles. The second-order valence-electron chi connectivity index (χ2n) is 8.95. The van der Waals surface area contributed by atoms with Crippen LogP contribution in [0.2, 0.25) is 5.02 Å². The Hall–Kier alpha value is -3.26. The molecule has 1 heterocycles. The van der Waals surface area contributed by atoms with E-state index in [0.29, 0.717) is 13.8 Å². The highest BCUT2D eigenvalue weighted by Gasteiger charge is 2.51. The standard InChI is InChI=1S/C23H23ClF4N2O7S/c1-12-8-19(15(24)10-16(12)25)38(34,35)30-11-14(5-7-20(31)32)36-18-6-4-13(9-17(18)30)29-21(33)37-22(2,3)23(26,27)28/h4,6,8-10,14H,5,7,11H2,1-3H3,(H,29,33)(H,31,32). The fourth-order valence-corrected chi connectivity index (χ4v) is 5.51. The van der Waals surface area contributed by atoms with Gasteiger partial charge in [-0.2, -0.15) is 13.2 Å². The van der Waals surface area contributed by atoms with Gasteiger partial charge in [0, 0.05) is 12.1 Å². The summed E-state index contributed by atoms with van der Waals surface area (Å²) in [6, 6.07) is 5.50. The summed E-state index contributed by atoms with van der Waals surface area (Å²) in [6.45, 7) is 2.29. The highest BCUT2D eigenvalue weighted by Crippen LogP contribution is 2.41. The van der Waals surface area contributed by atoms with Gasteiger partial charge in [0.15, 0.2) is 0 Å². The first-order valence-corrected chi connectivity index (χ1v) is 12.8. The topological polar surface area (TPSA) is 122 Å². The van der Waals surface area contributed by atoms with E-state index in [0.717, 1.165) is 22.5 Å². The summed E-state index contributed by atoms with van der Waals surface area (Å²) in [5, 5.41) is 10.7. The molecule has 0 spiro atoms. The van der Waals surface area contributed by atoms with Crippen LogP contribution in [-0.2, 0) is 19.6 Å². The van der Waals surface area contributed by atoms with Crippen LogP contribution < -0.4 is 14.4 Å². The molecule has 0 aromatic heterocycles. The number of carbonyl (C=O) groups is 2. The molecule has 0 radical (unpaired) electrons. The molecule has 38 heavy (non-hydrogen) atoms. The summed E-state index contributed by atoms with van der Waals surface area (Å²) >= 11 is 6.05. The van der Waals surface area contributed by atoms with Gasteiger partial charge in [0.2, 0.25) is 5.60 Å². The van der Waals surface area contributed by atoms with E-state index in [2.05, 4.69) is 10.1 Å². The Kier molecular flexibility index (Phi) is 8.08. The minimum Gasteiger partial charge on any atom is -0.486 e. The van der Waals surface area contributed by atoms with E-state index in [4.69, 9.17) is 21.4 Å². The van der Waals surface area contributed by atoms with Crippen LogP contribution >= 0.6 is 11.6 Å². The number of halogens is 5. The van der Waals surface area contributed by atoms with Crippen LogP contribution in [0.1, 0.15) is 32.3 Å². The number of sulfonamides is 1. The smallest absolute Gasteiger partial charge is 0.427 e. The van der Waals surface area contributed by atoms with Gasteiger partial charge < -0.3 is 14.6 Å². The molecule has 1 aliphatic heterocycles. The Labute approximate surface area is 220 Å². The number of aliphatic carboxylic acids is 1. The lowest BCUT2D eigenvalue weighted by atomic mass is 10.1. The number of benzene rings is 2. The van der Waals surface area contributed by atoms with Gasteiger partial charge in [0.1, 0.15) is 22.6 Å². The van der Waals surface area contributed by atoms with Crippen LogP contribution in [0.5, 0.6) is 5.75 Å². The van der Waals surface area contributed by atoms with E-state index in [-0.39, 0.29) is 42.1 Å². The molecule has 1 amide bonds. The first kappa shape index (κ1) is 29.3. The minimum atomic E-state index is -4.85. The normalized spacial score (nSPS) is 15.9. The van der Waals surface area contributed by atoms with Crippen molar-refractivity contribution in [3.05, 3.63) is 46.7 Å². The molecule has 1 unspecified atom stereocenters. The number of nitrogens with one attached hydrogen (secondary N) is 1. The number of alkyl halides is 3. The van der Waals surface area contributed by atoms with Gasteiger partial charge in [-0.1, -0.05) is 11.6 Å². The van der Waals surface area contributed by atoms with Crippen LogP contribution in [0, 0.1) is 12.7 Å². The van der Waals surface area contributed by atoms with Crippen molar-refractivity contribution in [1.82, 2.24) is 0 Å². The predicted molar refractivity (Wildman–Crippen MR) is 129 cm³/mol. The number of nitrogens with zero attached hydrogens (tertiary/aromatic N) is 1. The number of carboxylic acids is 1. The highest BCUT2D eigenvalue weighted by atomic mass is 35.5. The Morgan fingerprint density at radius 3 is 2.50 bits per heavy atom. The van der Waals surface area contributed by atoms with Gasteiger partial charge in [-0.25, -0.2) is 17.6 Å². The van der Waals surface area contributed by atoms with E-state index < -0.39 is 55.7 Å². The maximum atomic E-state index is 13.9. The third-order valence-electron chi connectivity index (χ3n) is 5.63. The zero-order chi connectivity index (χ0) is 28.6. The maximum absolute atomic E-state index is 13.9. The third kappa shape index (κ3) is 6.23. The van der Waals surface area contributed by atoms with Crippen LogP contribution in [-0.4, -0.2) is 50.0 Å². The van der Waals surface area contributed by atoms with Crippen molar-refractivity contribution in [1.29, 1.82) is 0 Å². The Morgan fingerprint density at radius 1 is 1.24 bits per heavy atom. The van der Waals surface area contributed by atoms with Gasteiger partial charge in [-0.15, -0.1) is 0 Å². The molecule has 1 aliphatic rings. The van der Waals surface area contributed by atoms with Crippen molar-refractivity contribution in [2.24, 2.45) is 0 Å². The molecule has 208 valence electrons. The molecule has 0 saturated heterocycles. The average Bonchev–Trinajstić information content (AvgIpc) is 2.78. The average molecular weight is 583 g/mol. The predicted octanol–water partition coefficient (Wildman–Crippen LogP) is 5.50. The van der Waals surface area contributed by atoms with E-state index in [1.807, 2.05) is 0 Å². The number of aryl methyl sites for hydroxylation is 1. The van der Waals surface area contributed by atoms with E-state index in [1.54, 1.807) is 0 Å². The van der Waals surface area contributed by atoms with Crippen molar-refractivity contribution < 1.29 is 50.1 Å². The number of carboxylic acid groups (broad SMARTS) is 1. The Balaban J connectivity index is 2.01. The number of amides is 1. The van der Waals surface area contributed by atoms with E-state index in [9.17, 15) is 35.6 Å². The first-order chi connectivity index (χ1) is 17.4. The van der Waals surface area contributed by atoms with Crippen LogP contribution in [0.25, 0.3) is 0 Å². The summed E-state index contributed by atoms with van der Waals surface area (Å²) in [6.07, 6.45) is -7.59. The molecular weight excluding hydrogens is 560 g/mol. The molecule has 15 heteroatoms. The Morgan fingerprint density at radius 2 is 1.89 bits per heavy atom. The number of hydrogen-bond acceptors (Lipinski definition) is 6. The van der Waals surface area contributed by atoms with E-state index >= 15 is 0 Å². The molecule has 2 N–H and O–H groups in total. The largest absolute Gasteiger partial charge is 0.486 e. The molecule has 0 aliphatic carbocycles. The monoisotopic (exact) mass is 582 g/mol. The van der Waals surface area contributed by atoms with Gasteiger partial charge >= 0.3 is 18.2 Å². The number of hydrogen-bond donors (Lipinski definition) is 2. The third-order valence-corrected chi connectivity index (χ3v) is 7.87. The fraction of sp³-hybridized carbons (Fsp3) is 0.391. The number of fused-ring (bicyclic) bond motifs is 1. The molecule has 3 rings (SSSR count). The highest BCUT2D eigenvalue weighted by molar-refractivity contribution is 7.93. The number of anilines is 2. The number of carbonyl (C=O) groups excluding carboxylic acids is 1. The Bertz CT molecular complexity index is 1370. The molecule has 0 bridgehead atoms. The maximum Gasteiger partial charge on any atom is 0.427 e. The second kappa shape index (κ2) is 10.5. The molecule has 9 nitrogen and oxygen atoms in total. The van der Waals surface area contributed by atoms with Gasteiger partial charge in [0.25, 0.3) is 10.0 Å². The number of ether oxygens (including phenoxy) is 2. The van der Waals surface area contributed by atoms with Crippen molar-refractivity contribution in [2.75, 3.05) is 16.2 Å². The van der Waals surface area contributed by atoms with Crippen molar-refractivity contribution in [3.8, 4) is 5.75 Å². The van der Waals surface area contributed by atoms with Crippen molar-refractivity contribution in [3.63, 3.8) is 0 Å². The zero-order valence-corrected chi connectivity index (χ0v) is 21.8. The van der Waals surface area contributed by atoms with Gasteiger partial charge in [-0.05, 0) is 63.1 Å². The van der Waals surface area contributed by atoms with Crippen molar-refractivity contribution in [2.45, 2.75) is 56.4 Å². The minimum absolute atomic E-state index is 0.00525. The SMILES string of the molecule is Cc1cc(S(=O)(=O)N2CC(CCC(=O)O)Oc3ccc(NC(=O)OC(C)(C)C(F)(F)F)cc32)c(Cl)cc1F. The van der Waals surface area contributed by atoms with Crippen LogP contribution in [0.3, 0.4) is 0 Å². The van der Waals surface area contributed by atoms with Crippen molar-refractivity contribution >= 4 is 45.1 Å². The fourth-order valence-electron chi connectivity index (χ4n) is 3.43. The molecule has 0 fully saturated rings. The van der Waals surface area contributed by atoms with Gasteiger partial charge in [0.05, 0.1) is 17.3 Å². The second-order valence-corrected chi connectivity index (χ2v) is 11.2. The van der Waals surface area contributed by atoms with E-state index in [1.165, 1.54) is 19.1 Å². The summed E-state index contributed by atoms with van der Waals surface area (Å²) < 4.78 is 91.6. The summed E-state index contributed by atoms with van der Waals surface area (Å²) in [4.78, 5) is 22.8. The summed E-state index contributed by atoms with van der Waals surface area (Å²) in [5.41, 5.74) is -3.06. The molecule has 2 aromatic rings. The van der Waals surface area contributed by atoms with Crippen LogP contribution in [0.4, 0.5) is 33.7 Å². The lowest BCUT2D eigenvalue weighted by Crippen LogP contribution is -2.44.